The van der Waals surface area contributed by atoms with E-state index in [1.54, 1.807) is 0 Å². The Morgan fingerprint density at radius 1 is 1.39 bits per heavy atom. The smallest absolute Gasteiger partial charge is 0.270 e. The predicted molar refractivity (Wildman–Crippen MR) is 84.8 cm³/mol. The molecule has 120 valence electrons. The van der Waals surface area contributed by atoms with E-state index in [0.29, 0.717) is 37.2 Å². The van der Waals surface area contributed by atoms with E-state index in [2.05, 4.69) is 9.97 Å². The molecule has 2 aromatic rings. The van der Waals surface area contributed by atoms with Crippen molar-refractivity contribution in [2.75, 3.05) is 6.54 Å². The topological polar surface area (TPSA) is 115 Å². The van der Waals surface area contributed by atoms with Gasteiger partial charge < -0.3 is 10.1 Å². The lowest BCUT2D eigenvalue weighted by molar-refractivity contribution is -0.385. The van der Waals surface area contributed by atoms with Crippen LogP contribution in [-0.4, -0.2) is 31.4 Å². The van der Waals surface area contributed by atoms with Gasteiger partial charge >= 0.3 is 0 Å². The number of aromatic amines is 2. The summed E-state index contributed by atoms with van der Waals surface area (Å²) in [7, 11) is 0. The summed E-state index contributed by atoms with van der Waals surface area (Å²) in [5.74, 6) is 0.0141. The molecule has 0 unspecified atom stereocenters. The van der Waals surface area contributed by atoms with Gasteiger partial charge in [-0.15, -0.1) is 0 Å². The van der Waals surface area contributed by atoms with Crippen LogP contribution in [0.15, 0.2) is 23.0 Å². The van der Waals surface area contributed by atoms with Crippen LogP contribution in [0.4, 0.5) is 5.69 Å². The molecular formula is C14H14N4O4S. The third-order valence-electron chi connectivity index (χ3n) is 3.86. The number of nitro groups is 1. The highest BCUT2D eigenvalue weighted by Crippen LogP contribution is 2.25. The maximum absolute atomic E-state index is 11.8. The van der Waals surface area contributed by atoms with Gasteiger partial charge in [-0.3, -0.25) is 24.8 Å². The second kappa shape index (κ2) is 5.94. The van der Waals surface area contributed by atoms with E-state index in [0.717, 1.165) is 5.69 Å². The van der Waals surface area contributed by atoms with E-state index in [1.165, 1.54) is 18.2 Å². The number of fused-ring (bicyclic) bond motifs is 1. The molecule has 1 aliphatic heterocycles. The largest absolute Gasteiger partial charge is 0.508 e. The van der Waals surface area contributed by atoms with Crippen LogP contribution in [0.25, 0.3) is 0 Å². The van der Waals surface area contributed by atoms with Crippen molar-refractivity contribution in [3.63, 3.8) is 0 Å². The number of aromatic hydroxyl groups is 1. The third-order valence-corrected chi connectivity index (χ3v) is 4.06. The summed E-state index contributed by atoms with van der Waals surface area (Å²) >= 11 is 4.98. The number of phenolic OH excluding ortho intramolecular Hbond substituents is 1. The van der Waals surface area contributed by atoms with Crippen LogP contribution in [0.5, 0.6) is 5.75 Å². The summed E-state index contributed by atoms with van der Waals surface area (Å²) < 4.78 is 0.272. The molecule has 1 aromatic heterocycles. The predicted octanol–water partition coefficient (Wildman–Crippen LogP) is 1.60. The lowest BCUT2D eigenvalue weighted by Gasteiger charge is -2.27. The van der Waals surface area contributed by atoms with Crippen LogP contribution in [0.1, 0.15) is 16.8 Å². The molecule has 3 rings (SSSR count). The molecule has 0 spiro atoms. The number of nitro benzene ring substituents is 1. The monoisotopic (exact) mass is 334 g/mol. The minimum Gasteiger partial charge on any atom is -0.508 e. The van der Waals surface area contributed by atoms with Crippen molar-refractivity contribution in [3.05, 3.63) is 60.3 Å². The summed E-state index contributed by atoms with van der Waals surface area (Å²) in [6, 6.07) is 3.95. The van der Waals surface area contributed by atoms with Crippen molar-refractivity contribution in [1.82, 2.24) is 14.9 Å². The maximum Gasteiger partial charge on any atom is 0.270 e. The van der Waals surface area contributed by atoms with E-state index >= 15 is 0 Å². The van der Waals surface area contributed by atoms with Crippen molar-refractivity contribution >= 4 is 17.9 Å². The van der Waals surface area contributed by atoms with E-state index < -0.39 is 4.92 Å². The molecule has 8 nitrogen and oxygen atoms in total. The van der Waals surface area contributed by atoms with E-state index in [-0.39, 0.29) is 21.8 Å². The summed E-state index contributed by atoms with van der Waals surface area (Å²) in [4.78, 5) is 29.7. The number of aromatic nitrogens is 2. The molecule has 1 aromatic carbocycles. The molecule has 23 heavy (non-hydrogen) atoms. The molecule has 0 aliphatic carbocycles. The van der Waals surface area contributed by atoms with Crippen LogP contribution < -0.4 is 5.56 Å². The Labute approximate surface area is 135 Å². The molecule has 0 fully saturated rings. The number of nitrogens with one attached hydrogen (secondary N) is 2. The molecule has 2 heterocycles. The van der Waals surface area contributed by atoms with Gasteiger partial charge in [0.15, 0.2) is 4.77 Å². The van der Waals surface area contributed by atoms with Gasteiger partial charge in [-0.1, -0.05) is 0 Å². The van der Waals surface area contributed by atoms with Gasteiger partial charge in [0, 0.05) is 48.6 Å². The third kappa shape index (κ3) is 3.15. The lowest BCUT2D eigenvalue weighted by atomic mass is 10.1. The number of nitrogens with zero attached hydrogens (tertiary/aromatic N) is 2. The zero-order valence-corrected chi connectivity index (χ0v) is 12.9. The van der Waals surface area contributed by atoms with Crippen LogP contribution in [0, 0.1) is 14.9 Å². The highest BCUT2D eigenvalue weighted by molar-refractivity contribution is 7.71. The average molecular weight is 334 g/mol. The second-order valence-corrected chi connectivity index (χ2v) is 5.80. The SMILES string of the molecule is O=c1[nH]c(=S)[nH]c2c1CCN(Cc1cc([N+](=O)[O-])ccc1O)C2. The molecule has 0 atom stereocenters. The zero-order valence-electron chi connectivity index (χ0n) is 12.0. The van der Waals surface area contributed by atoms with Gasteiger partial charge in [-0.2, -0.15) is 0 Å². The molecule has 1 aliphatic rings. The Kier molecular flexibility index (Phi) is 3.97. The highest BCUT2D eigenvalue weighted by Gasteiger charge is 2.21. The van der Waals surface area contributed by atoms with Gasteiger partial charge in [-0.25, -0.2) is 0 Å². The number of phenols is 1. The van der Waals surface area contributed by atoms with Crippen molar-refractivity contribution < 1.29 is 10.0 Å². The van der Waals surface area contributed by atoms with Crippen molar-refractivity contribution in [3.8, 4) is 5.75 Å². The first-order chi connectivity index (χ1) is 10.9. The van der Waals surface area contributed by atoms with E-state index in [1.807, 2.05) is 4.90 Å². The molecule has 0 saturated carbocycles. The van der Waals surface area contributed by atoms with Gasteiger partial charge in [-0.05, 0) is 24.7 Å². The lowest BCUT2D eigenvalue weighted by Crippen LogP contribution is -2.34. The molecular weight excluding hydrogens is 320 g/mol. The van der Waals surface area contributed by atoms with Crippen LogP contribution >= 0.6 is 12.2 Å². The number of benzene rings is 1. The van der Waals surface area contributed by atoms with Gasteiger partial charge in [0.25, 0.3) is 11.2 Å². The number of non-ortho nitro benzene ring substituents is 1. The van der Waals surface area contributed by atoms with Crippen LogP contribution in [-0.2, 0) is 19.5 Å². The molecule has 0 radical (unpaired) electrons. The van der Waals surface area contributed by atoms with Crippen molar-refractivity contribution in [2.24, 2.45) is 0 Å². The molecule has 3 N–H and O–H groups in total. The van der Waals surface area contributed by atoms with Crippen molar-refractivity contribution in [1.29, 1.82) is 0 Å². The minimum absolute atomic E-state index is 0.0141. The number of H-pyrrole nitrogens is 2. The first-order valence-corrected chi connectivity index (χ1v) is 7.38. The Balaban J connectivity index is 1.85. The fourth-order valence-electron chi connectivity index (χ4n) is 2.72. The van der Waals surface area contributed by atoms with Crippen LogP contribution in [0.3, 0.4) is 0 Å². The molecule has 0 saturated heterocycles. The van der Waals surface area contributed by atoms with Crippen molar-refractivity contribution in [2.45, 2.75) is 19.5 Å². The molecule has 0 bridgehead atoms. The standard InChI is InChI=1S/C14H14N4O4S/c19-12-2-1-9(18(21)22)5-8(12)6-17-4-3-10-11(7-17)15-14(23)16-13(10)20/h1-2,5,19H,3-4,6-7H2,(H2,15,16,20,23). The maximum atomic E-state index is 11.8. The number of rotatable bonds is 3. The minimum atomic E-state index is -0.495. The summed E-state index contributed by atoms with van der Waals surface area (Å²) in [6.07, 6.45) is 0.548. The first-order valence-electron chi connectivity index (χ1n) is 6.97. The quantitative estimate of drug-likeness (QED) is 0.446. The summed E-state index contributed by atoms with van der Waals surface area (Å²) in [5.41, 5.74) is 1.66. The summed E-state index contributed by atoms with van der Waals surface area (Å²) in [5, 5.41) is 20.8. The van der Waals surface area contributed by atoms with E-state index in [4.69, 9.17) is 12.2 Å². The zero-order chi connectivity index (χ0) is 16.6. The van der Waals surface area contributed by atoms with E-state index in [9.17, 15) is 20.0 Å². The Morgan fingerprint density at radius 2 is 2.17 bits per heavy atom. The number of hydrogen-bond acceptors (Lipinski definition) is 6. The first kappa shape index (κ1) is 15.4. The fraction of sp³-hybridized carbons (Fsp3) is 0.286. The second-order valence-electron chi connectivity index (χ2n) is 5.40. The Bertz CT molecular complexity index is 889. The Morgan fingerprint density at radius 3 is 2.91 bits per heavy atom. The molecule has 0 amide bonds. The normalized spacial score (nSPS) is 14.4. The summed E-state index contributed by atoms with van der Waals surface area (Å²) in [6.45, 7) is 1.42. The Hall–Kier alpha value is -2.52. The average Bonchev–Trinajstić information content (AvgIpc) is 2.48. The fourth-order valence-corrected chi connectivity index (χ4v) is 2.94. The van der Waals surface area contributed by atoms with Gasteiger partial charge in [0.2, 0.25) is 0 Å². The van der Waals surface area contributed by atoms with Crippen LogP contribution in [0.2, 0.25) is 0 Å². The van der Waals surface area contributed by atoms with Gasteiger partial charge in [0.05, 0.1) is 4.92 Å². The molecule has 9 heteroatoms. The highest BCUT2D eigenvalue weighted by atomic mass is 32.1. The van der Waals surface area contributed by atoms with Gasteiger partial charge in [0.1, 0.15) is 5.75 Å². The number of hydrogen-bond donors (Lipinski definition) is 3.